The first-order valence-electron chi connectivity index (χ1n) is 7.32. The van der Waals surface area contributed by atoms with Crippen LogP contribution < -0.4 is 5.32 Å². The summed E-state index contributed by atoms with van der Waals surface area (Å²) in [6.45, 7) is 0.181. The second-order valence-electron chi connectivity index (χ2n) is 5.35. The Kier molecular flexibility index (Phi) is 5.69. The van der Waals surface area contributed by atoms with Gasteiger partial charge in [0.05, 0.1) is 12.6 Å². The van der Waals surface area contributed by atoms with Gasteiger partial charge in [-0.3, -0.25) is 0 Å². The van der Waals surface area contributed by atoms with Crippen molar-refractivity contribution in [1.29, 1.82) is 0 Å². The van der Waals surface area contributed by atoms with Crippen LogP contribution in [0.15, 0.2) is 30.3 Å². The maximum atomic E-state index is 9.57. The van der Waals surface area contributed by atoms with Gasteiger partial charge in [0.15, 0.2) is 0 Å². The molecule has 0 bridgehead atoms. The van der Waals surface area contributed by atoms with Crippen molar-refractivity contribution in [3.8, 4) is 0 Å². The summed E-state index contributed by atoms with van der Waals surface area (Å²) >= 11 is 0. The SMILES string of the molecule is OC[C@H](NC1CCCCCCC1)c1ccccc1. The fourth-order valence-corrected chi connectivity index (χ4v) is 2.85. The lowest BCUT2D eigenvalue weighted by Gasteiger charge is -2.26. The van der Waals surface area contributed by atoms with Crippen molar-refractivity contribution in [2.45, 2.75) is 57.0 Å². The average Bonchev–Trinajstić information content (AvgIpc) is 2.39. The van der Waals surface area contributed by atoms with Crippen LogP contribution in [-0.2, 0) is 0 Å². The second kappa shape index (κ2) is 7.55. The largest absolute Gasteiger partial charge is 0.394 e. The summed E-state index contributed by atoms with van der Waals surface area (Å²) in [7, 11) is 0. The standard InChI is InChI=1S/C16H25NO/c18-13-16(14-9-5-4-6-10-14)17-15-11-7-2-1-3-8-12-15/h4-6,9-10,15-18H,1-3,7-8,11-13H2/t16-/m0/s1. The Balaban J connectivity index is 1.92. The molecule has 0 radical (unpaired) electrons. The number of aliphatic hydroxyl groups excluding tert-OH is 1. The zero-order valence-corrected chi connectivity index (χ0v) is 11.1. The second-order valence-corrected chi connectivity index (χ2v) is 5.35. The molecule has 1 saturated carbocycles. The number of benzene rings is 1. The van der Waals surface area contributed by atoms with Crippen LogP contribution in [0.4, 0.5) is 0 Å². The molecular formula is C16H25NO. The minimum absolute atomic E-state index is 0.0932. The molecule has 1 aliphatic carbocycles. The van der Waals surface area contributed by atoms with E-state index in [1.807, 2.05) is 18.2 Å². The molecule has 18 heavy (non-hydrogen) atoms. The Morgan fingerprint density at radius 1 is 1.00 bits per heavy atom. The van der Waals surface area contributed by atoms with Gasteiger partial charge in [-0.2, -0.15) is 0 Å². The van der Waals surface area contributed by atoms with E-state index < -0.39 is 0 Å². The molecule has 0 unspecified atom stereocenters. The molecule has 0 heterocycles. The first-order chi connectivity index (χ1) is 8.90. The molecule has 2 rings (SSSR count). The van der Waals surface area contributed by atoms with E-state index in [1.54, 1.807) is 0 Å². The number of nitrogens with one attached hydrogen (secondary N) is 1. The van der Waals surface area contributed by atoms with Crippen molar-refractivity contribution >= 4 is 0 Å². The van der Waals surface area contributed by atoms with Crippen molar-refractivity contribution in [3.63, 3.8) is 0 Å². The van der Waals surface area contributed by atoms with E-state index in [1.165, 1.54) is 50.5 Å². The minimum atomic E-state index is 0.0932. The molecule has 0 saturated heterocycles. The highest BCUT2D eigenvalue weighted by molar-refractivity contribution is 5.19. The summed E-state index contributed by atoms with van der Waals surface area (Å²) in [5, 5.41) is 13.2. The van der Waals surface area contributed by atoms with Gasteiger partial charge in [-0.25, -0.2) is 0 Å². The fraction of sp³-hybridized carbons (Fsp3) is 0.625. The normalized spacial score (nSPS) is 20.1. The van der Waals surface area contributed by atoms with Crippen LogP contribution in [0, 0.1) is 0 Å². The minimum Gasteiger partial charge on any atom is -0.394 e. The lowest BCUT2D eigenvalue weighted by Crippen LogP contribution is -2.35. The molecule has 2 N–H and O–H groups in total. The van der Waals surface area contributed by atoms with E-state index in [4.69, 9.17) is 0 Å². The first-order valence-corrected chi connectivity index (χ1v) is 7.32. The van der Waals surface area contributed by atoms with Gasteiger partial charge in [0.1, 0.15) is 0 Å². The quantitative estimate of drug-likeness (QED) is 0.854. The summed E-state index contributed by atoms with van der Waals surface area (Å²) < 4.78 is 0. The summed E-state index contributed by atoms with van der Waals surface area (Å²) in [4.78, 5) is 0. The average molecular weight is 247 g/mol. The summed E-state index contributed by atoms with van der Waals surface area (Å²) in [5.41, 5.74) is 1.20. The summed E-state index contributed by atoms with van der Waals surface area (Å²) in [6, 6.07) is 11.0. The maximum Gasteiger partial charge on any atom is 0.0626 e. The molecule has 1 aromatic rings. The third kappa shape index (κ3) is 4.11. The van der Waals surface area contributed by atoms with Crippen LogP contribution in [0.3, 0.4) is 0 Å². The monoisotopic (exact) mass is 247 g/mol. The van der Waals surface area contributed by atoms with Crippen molar-refractivity contribution in [1.82, 2.24) is 5.32 Å². The van der Waals surface area contributed by atoms with Crippen LogP contribution in [0.1, 0.15) is 56.6 Å². The topological polar surface area (TPSA) is 32.3 Å². The zero-order valence-electron chi connectivity index (χ0n) is 11.1. The Morgan fingerprint density at radius 2 is 1.61 bits per heavy atom. The molecular weight excluding hydrogens is 222 g/mol. The Labute approximate surface area is 110 Å². The van der Waals surface area contributed by atoms with Crippen molar-refractivity contribution in [2.75, 3.05) is 6.61 Å². The van der Waals surface area contributed by atoms with Gasteiger partial charge in [0.2, 0.25) is 0 Å². The van der Waals surface area contributed by atoms with E-state index in [-0.39, 0.29) is 12.6 Å². The third-order valence-electron chi connectivity index (χ3n) is 3.93. The Morgan fingerprint density at radius 3 is 2.22 bits per heavy atom. The molecule has 0 aliphatic heterocycles. The van der Waals surface area contributed by atoms with Gasteiger partial charge >= 0.3 is 0 Å². The predicted octanol–water partition coefficient (Wildman–Crippen LogP) is 3.42. The number of rotatable bonds is 4. The van der Waals surface area contributed by atoms with Crippen LogP contribution in [0.2, 0.25) is 0 Å². The lowest BCUT2D eigenvalue weighted by atomic mass is 9.95. The van der Waals surface area contributed by atoms with Crippen LogP contribution in [-0.4, -0.2) is 17.8 Å². The van der Waals surface area contributed by atoms with Gasteiger partial charge in [0, 0.05) is 6.04 Å². The van der Waals surface area contributed by atoms with Gasteiger partial charge in [-0.15, -0.1) is 0 Å². The van der Waals surface area contributed by atoms with Crippen LogP contribution in [0.5, 0.6) is 0 Å². The smallest absolute Gasteiger partial charge is 0.0626 e. The Bertz CT molecular complexity index is 317. The summed E-state index contributed by atoms with van der Waals surface area (Å²) in [6.07, 6.45) is 9.29. The molecule has 0 spiro atoms. The van der Waals surface area contributed by atoms with E-state index in [0.717, 1.165) is 0 Å². The number of hydrogen-bond acceptors (Lipinski definition) is 2. The van der Waals surface area contributed by atoms with Crippen molar-refractivity contribution in [2.24, 2.45) is 0 Å². The highest BCUT2D eigenvalue weighted by Gasteiger charge is 2.16. The lowest BCUT2D eigenvalue weighted by molar-refractivity contribution is 0.223. The molecule has 2 nitrogen and oxygen atoms in total. The van der Waals surface area contributed by atoms with E-state index in [2.05, 4.69) is 17.4 Å². The molecule has 1 aromatic carbocycles. The number of aliphatic hydroxyl groups is 1. The molecule has 2 heteroatoms. The molecule has 100 valence electrons. The van der Waals surface area contributed by atoms with Crippen LogP contribution >= 0.6 is 0 Å². The van der Waals surface area contributed by atoms with Gasteiger partial charge in [-0.1, -0.05) is 62.4 Å². The van der Waals surface area contributed by atoms with Crippen molar-refractivity contribution < 1.29 is 5.11 Å². The highest BCUT2D eigenvalue weighted by Crippen LogP contribution is 2.20. The van der Waals surface area contributed by atoms with Crippen LogP contribution in [0.25, 0.3) is 0 Å². The summed E-state index contributed by atoms with van der Waals surface area (Å²) in [5.74, 6) is 0. The van der Waals surface area contributed by atoms with Gasteiger partial charge in [0.25, 0.3) is 0 Å². The van der Waals surface area contributed by atoms with E-state index in [0.29, 0.717) is 6.04 Å². The van der Waals surface area contributed by atoms with Gasteiger partial charge in [-0.05, 0) is 18.4 Å². The highest BCUT2D eigenvalue weighted by atomic mass is 16.3. The zero-order chi connectivity index (χ0) is 12.6. The van der Waals surface area contributed by atoms with E-state index in [9.17, 15) is 5.11 Å². The fourth-order valence-electron chi connectivity index (χ4n) is 2.85. The van der Waals surface area contributed by atoms with Crippen molar-refractivity contribution in [3.05, 3.63) is 35.9 Å². The Hall–Kier alpha value is -0.860. The third-order valence-corrected chi connectivity index (χ3v) is 3.93. The first kappa shape index (κ1) is 13.6. The predicted molar refractivity (Wildman–Crippen MR) is 75.5 cm³/mol. The molecule has 1 atom stereocenters. The molecule has 1 aliphatic rings. The molecule has 1 fully saturated rings. The molecule has 0 aromatic heterocycles. The van der Waals surface area contributed by atoms with E-state index >= 15 is 0 Å². The van der Waals surface area contributed by atoms with Gasteiger partial charge < -0.3 is 10.4 Å². The maximum absolute atomic E-state index is 9.57. The number of hydrogen-bond donors (Lipinski definition) is 2. The molecule has 0 amide bonds.